The number of ether oxygens (including phenoxy) is 1. The van der Waals surface area contributed by atoms with Crippen molar-refractivity contribution in [2.45, 2.75) is 24.2 Å². The standard InChI is InChI=1S/C19H21N3O6S/c1-28-17-10-7-15(13-18(17)29(26,27)21-11-3-2-4-12-21)20-19(23)14-5-8-16(9-6-14)22(24)25/h5-10,13H,2-4,11-12H2,1H3,(H,20,23). The summed E-state index contributed by atoms with van der Waals surface area (Å²) in [5, 5.41) is 13.4. The second-order valence-corrected chi connectivity index (χ2v) is 8.49. The van der Waals surface area contributed by atoms with Gasteiger partial charge in [0.25, 0.3) is 11.6 Å². The van der Waals surface area contributed by atoms with Gasteiger partial charge in [-0.2, -0.15) is 4.31 Å². The van der Waals surface area contributed by atoms with E-state index in [-0.39, 0.29) is 27.6 Å². The number of nitrogens with one attached hydrogen (secondary N) is 1. The van der Waals surface area contributed by atoms with Gasteiger partial charge in [-0.1, -0.05) is 6.42 Å². The van der Waals surface area contributed by atoms with Crippen LogP contribution in [-0.4, -0.2) is 43.8 Å². The average Bonchev–Trinajstić information content (AvgIpc) is 2.74. The molecule has 2 aromatic carbocycles. The first kappa shape index (κ1) is 20.7. The number of carbonyl (C=O) groups is 1. The van der Waals surface area contributed by atoms with E-state index < -0.39 is 20.9 Å². The Kier molecular flexibility index (Phi) is 6.14. The van der Waals surface area contributed by atoms with Crippen molar-refractivity contribution in [1.29, 1.82) is 0 Å². The zero-order valence-corrected chi connectivity index (χ0v) is 16.6. The molecule has 1 saturated heterocycles. The van der Waals surface area contributed by atoms with Crippen molar-refractivity contribution >= 4 is 27.3 Å². The molecule has 0 aromatic heterocycles. The van der Waals surface area contributed by atoms with Gasteiger partial charge in [0.1, 0.15) is 10.6 Å². The van der Waals surface area contributed by atoms with Crippen molar-refractivity contribution in [3.8, 4) is 5.75 Å². The van der Waals surface area contributed by atoms with Gasteiger partial charge >= 0.3 is 0 Å². The van der Waals surface area contributed by atoms with Crippen LogP contribution < -0.4 is 10.1 Å². The van der Waals surface area contributed by atoms with E-state index in [2.05, 4.69) is 5.32 Å². The minimum atomic E-state index is -3.76. The molecule has 9 nitrogen and oxygen atoms in total. The van der Waals surface area contributed by atoms with Gasteiger partial charge in [-0.05, 0) is 43.2 Å². The predicted octanol–water partition coefficient (Wildman–Crippen LogP) is 3.03. The first-order valence-electron chi connectivity index (χ1n) is 9.07. The lowest BCUT2D eigenvalue weighted by molar-refractivity contribution is -0.384. The molecule has 154 valence electrons. The van der Waals surface area contributed by atoms with E-state index in [9.17, 15) is 23.3 Å². The number of hydrogen-bond acceptors (Lipinski definition) is 6. The van der Waals surface area contributed by atoms with Crippen LogP contribution in [0.5, 0.6) is 5.75 Å². The number of non-ortho nitro benzene ring substituents is 1. The fraction of sp³-hybridized carbons (Fsp3) is 0.316. The Hall–Kier alpha value is -2.98. The summed E-state index contributed by atoms with van der Waals surface area (Å²) in [5.74, 6) is -0.310. The van der Waals surface area contributed by atoms with E-state index in [1.165, 1.54) is 53.9 Å². The second-order valence-electron chi connectivity index (χ2n) is 6.59. The molecule has 3 rings (SSSR count). The van der Waals surface area contributed by atoms with Crippen LogP contribution in [0.15, 0.2) is 47.4 Å². The molecule has 0 aliphatic carbocycles. The molecule has 0 radical (unpaired) electrons. The maximum atomic E-state index is 13.0. The number of nitro groups is 1. The number of anilines is 1. The number of nitrogens with zero attached hydrogens (tertiary/aromatic N) is 2. The van der Waals surface area contributed by atoms with Crippen LogP contribution in [0.4, 0.5) is 11.4 Å². The number of methoxy groups -OCH3 is 1. The van der Waals surface area contributed by atoms with Gasteiger partial charge in [-0.15, -0.1) is 0 Å². The fourth-order valence-electron chi connectivity index (χ4n) is 3.14. The highest BCUT2D eigenvalue weighted by atomic mass is 32.2. The number of nitro benzene ring substituents is 1. The number of sulfonamides is 1. The SMILES string of the molecule is COc1ccc(NC(=O)c2ccc([N+](=O)[O-])cc2)cc1S(=O)(=O)N1CCCCC1. The zero-order chi connectivity index (χ0) is 21.0. The summed E-state index contributed by atoms with van der Waals surface area (Å²) in [6.45, 7) is 0.899. The summed E-state index contributed by atoms with van der Waals surface area (Å²) in [4.78, 5) is 22.6. The number of carbonyl (C=O) groups excluding carboxylic acids is 1. The summed E-state index contributed by atoms with van der Waals surface area (Å²) in [7, 11) is -2.37. The summed E-state index contributed by atoms with van der Waals surface area (Å²) in [6.07, 6.45) is 2.60. The minimum Gasteiger partial charge on any atom is -0.495 e. The van der Waals surface area contributed by atoms with Crippen LogP contribution >= 0.6 is 0 Å². The Morgan fingerprint density at radius 3 is 2.34 bits per heavy atom. The maximum Gasteiger partial charge on any atom is 0.269 e. The highest BCUT2D eigenvalue weighted by Crippen LogP contribution is 2.31. The summed E-state index contributed by atoms with van der Waals surface area (Å²) < 4.78 is 32.7. The molecule has 1 fully saturated rings. The van der Waals surface area contributed by atoms with Gasteiger partial charge < -0.3 is 10.1 Å². The van der Waals surface area contributed by atoms with Crippen molar-refractivity contribution in [1.82, 2.24) is 4.31 Å². The van der Waals surface area contributed by atoms with Crippen molar-refractivity contribution in [2.24, 2.45) is 0 Å². The van der Waals surface area contributed by atoms with Crippen molar-refractivity contribution in [2.75, 3.05) is 25.5 Å². The fourth-order valence-corrected chi connectivity index (χ4v) is 4.84. The van der Waals surface area contributed by atoms with Gasteiger partial charge in [0.2, 0.25) is 10.0 Å². The Bertz CT molecular complexity index is 1010. The van der Waals surface area contributed by atoms with Crippen molar-refractivity contribution < 1.29 is 22.9 Å². The van der Waals surface area contributed by atoms with E-state index in [1.54, 1.807) is 0 Å². The number of benzene rings is 2. The third-order valence-corrected chi connectivity index (χ3v) is 6.61. The van der Waals surface area contributed by atoms with Crippen LogP contribution in [0.1, 0.15) is 29.6 Å². The van der Waals surface area contributed by atoms with Gasteiger partial charge in [-0.3, -0.25) is 14.9 Å². The summed E-state index contributed by atoms with van der Waals surface area (Å²) >= 11 is 0. The molecular weight excluding hydrogens is 398 g/mol. The highest BCUT2D eigenvalue weighted by molar-refractivity contribution is 7.89. The topological polar surface area (TPSA) is 119 Å². The van der Waals surface area contributed by atoms with Crippen molar-refractivity contribution in [3.05, 3.63) is 58.1 Å². The average molecular weight is 419 g/mol. The molecule has 10 heteroatoms. The predicted molar refractivity (Wildman–Crippen MR) is 107 cm³/mol. The quantitative estimate of drug-likeness (QED) is 0.568. The van der Waals surface area contributed by atoms with Crippen LogP contribution in [-0.2, 0) is 10.0 Å². The van der Waals surface area contributed by atoms with E-state index in [0.29, 0.717) is 13.1 Å². The Morgan fingerprint density at radius 2 is 1.76 bits per heavy atom. The summed E-state index contributed by atoms with van der Waals surface area (Å²) in [5.41, 5.74) is 0.373. The molecule has 1 amide bonds. The number of rotatable bonds is 6. The van der Waals surface area contributed by atoms with Crippen molar-refractivity contribution in [3.63, 3.8) is 0 Å². The van der Waals surface area contributed by atoms with Gasteiger partial charge in [0.15, 0.2) is 0 Å². The lowest BCUT2D eigenvalue weighted by Crippen LogP contribution is -2.35. The molecule has 1 aliphatic rings. The molecule has 0 saturated carbocycles. The number of amides is 1. The van der Waals surface area contributed by atoms with E-state index in [1.807, 2.05) is 0 Å². The first-order valence-corrected chi connectivity index (χ1v) is 10.5. The van der Waals surface area contributed by atoms with Gasteiger partial charge in [-0.25, -0.2) is 8.42 Å². The van der Waals surface area contributed by atoms with Crippen LogP contribution in [0.3, 0.4) is 0 Å². The number of piperidine rings is 1. The zero-order valence-electron chi connectivity index (χ0n) is 15.8. The molecule has 1 aliphatic heterocycles. The molecule has 1 heterocycles. The molecule has 0 bridgehead atoms. The van der Waals surface area contributed by atoms with Crippen LogP contribution in [0.25, 0.3) is 0 Å². The van der Waals surface area contributed by atoms with E-state index >= 15 is 0 Å². The lowest BCUT2D eigenvalue weighted by atomic mass is 10.2. The molecule has 29 heavy (non-hydrogen) atoms. The van der Waals surface area contributed by atoms with E-state index in [4.69, 9.17) is 4.74 Å². The Balaban J connectivity index is 1.86. The Labute approximate surface area is 168 Å². The smallest absolute Gasteiger partial charge is 0.269 e. The Morgan fingerprint density at radius 1 is 1.10 bits per heavy atom. The van der Waals surface area contributed by atoms with Gasteiger partial charge in [0.05, 0.1) is 12.0 Å². The third-order valence-electron chi connectivity index (χ3n) is 4.69. The molecule has 1 N–H and O–H groups in total. The first-order chi connectivity index (χ1) is 13.8. The van der Waals surface area contributed by atoms with E-state index in [0.717, 1.165) is 19.3 Å². The number of hydrogen-bond donors (Lipinski definition) is 1. The molecule has 0 unspecified atom stereocenters. The normalized spacial score (nSPS) is 14.9. The monoisotopic (exact) mass is 419 g/mol. The minimum absolute atomic E-state index is 0.0107. The second kappa shape index (κ2) is 8.58. The maximum absolute atomic E-state index is 13.0. The molecular formula is C19H21N3O6S. The lowest BCUT2D eigenvalue weighted by Gasteiger charge is -2.26. The highest BCUT2D eigenvalue weighted by Gasteiger charge is 2.29. The summed E-state index contributed by atoms with van der Waals surface area (Å²) in [6, 6.07) is 9.53. The molecule has 0 atom stereocenters. The van der Waals surface area contributed by atoms with Crippen LogP contribution in [0, 0.1) is 10.1 Å². The third kappa shape index (κ3) is 4.54. The van der Waals surface area contributed by atoms with Crippen LogP contribution in [0.2, 0.25) is 0 Å². The largest absolute Gasteiger partial charge is 0.495 e. The van der Waals surface area contributed by atoms with Gasteiger partial charge in [0, 0.05) is 36.5 Å². The molecule has 0 spiro atoms. The molecule has 2 aromatic rings.